The number of methoxy groups -OCH3 is 2. The average molecular weight is 354 g/mol. The van der Waals surface area contributed by atoms with E-state index >= 15 is 0 Å². The van der Waals surface area contributed by atoms with Gasteiger partial charge in [0.2, 0.25) is 11.8 Å². The van der Waals surface area contributed by atoms with E-state index in [9.17, 15) is 9.59 Å². The monoisotopic (exact) mass is 354 g/mol. The number of amides is 2. The third-order valence-corrected chi connectivity index (χ3v) is 4.41. The van der Waals surface area contributed by atoms with Crippen molar-refractivity contribution < 1.29 is 19.1 Å². The highest BCUT2D eigenvalue weighted by atomic mass is 16.5. The van der Waals surface area contributed by atoms with Gasteiger partial charge in [0, 0.05) is 11.8 Å². The molecule has 3 rings (SSSR count). The van der Waals surface area contributed by atoms with Crippen molar-refractivity contribution in [2.24, 2.45) is 11.8 Å². The lowest BCUT2D eigenvalue weighted by Gasteiger charge is -2.11. The molecule has 2 aromatic rings. The summed E-state index contributed by atoms with van der Waals surface area (Å²) in [5, 5.41) is 5.70. The van der Waals surface area contributed by atoms with E-state index in [0.717, 1.165) is 5.56 Å². The van der Waals surface area contributed by atoms with Gasteiger partial charge in [0.05, 0.1) is 31.7 Å². The molecule has 2 aromatic carbocycles. The molecule has 0 spiro atoms. The number of nitrogens with one attached hydrogen (secondary N) is 2. The Bertz CT molecular complexity index is 834. The van der Waals surface area contributed by atoms with Crippen molar-refractivity contribution in [3.63, 3.8) is 0 Å². The standard InChI is InChI=1S/C20H22N2O4/c1-12-7-8-18(26-3)17(9-12)22-20(24)16-11-15(16)19(23)21-13-5-4-6-14(10-13)25-2/h4-10,15-16H,11H2,1-3H3,(H,21,23)(H,22,24). The predicted octanol–water partition coefficient (Wildman–Crippen LogP) is 3.23. The summed E-state index contributed by atoms with van der Waals surface area (Å²) in [7, 11) is 3.13. The van der Waals surface area contributed by atoms with Gasteiger partial charge in [-0.3, -0.25) is 9.59 Å². The maximum atomic E-state index is 12.5. The fourth-order valence-electron chi connectivity index (χ4n) is 2.86. The first-order valence-electron chi connectivity index (χ1n) is 8.42. The minimum atomic E-state index is -0.328. The van der Waals surface area contributed by atoms with Crippen molar-refractivity contribution in [1.29, 1.82) is 0 Å². The van der Waals surface area contributed by atoms with Crippen LogP contribution in [-0.4, -0.2) is 26.0 Å². The van der Waals surface area contributed by atoms with E-state index in [2.05, 4.69) is 10.6 Å². The molecular weight excluding hydrogens is 332 g/mol. The van der Waals surface area contributed by atoms with Crippen LogP contribution in [0.1, 0.15) is 12.0 Å². The second-order valence-electron chi connectivity index (χ2n) is 6.36. The highest BCUT2D eigenvalue weighted by molar-refractivity contribution is 6.03. The zero-order valence-electron chi connectivity index (χ0n) is 15.0. The maximum absolute atomic E-state index is 12.5. The van der Waals surface area contributed by atoms with Crippen LogP contribution in [0, 0.1) is 18.8 Å². The van der Waals surface area contributed by atoms with Crippen molar-refractivity contribution in [3.05, 3.63) is 48.0 Å². The molecule has 2 amide bonds. The molecule has 0 radical (unpaired) electrons. The molecule has 1 aliphatic carbocycles. The Kier molecular flexibility index (Phi) is 5.11. The summed E-state index contributed by atoms with van der Waals surface area (Å²) >= 11 is 0. The lowest BCUT2D eigenvalue weighted by molar-refractivity contribution is -0.122. The summed E-state index contributed by atoms with van der Waals surface area (Å²) in [6.07, 6.45) is 0.537. The molecule has 136 valence electrons. The predicted molar refractivity (Wildman–Crippen MR) is 99.6 cm³/mol. The smallest absolute Gasteiger partial charge is 0.228 e. The van der Waals surface area contributed by atoms with Gasteiger partial charge in [-0.1, -0.05) is 12.1 Å². The molecule has 2 unspecified atom stereocenters. The van der Waals surface area contributed by atoms with Gasteiger partial charge in [-0.2, -0.15) is 0 Å². The molecule has 0 saturated heterocycles. The number of carbonyl (C=O) groups is 2. The van der Waals surface area contributed by atoms with Crippen molar-refractivity contribution in [1.82, 2.24) is 0 Å². The van der Waals surface area contributed by atoms with Crippen LogP contribution in [0.5, 0.6) is 11.5 Å². The average Bonchev–Trinajstić information content (AvgIpc) is 3.43. The number of aryl methyl sites for hydroxylation is 1. The Morgan fingerprint density at radius 2 is 1.69 bits per heavy atom. The number of hydrogen-bond acceptors (Lipinski definition) is 4. The molecule has 2 N–H and O–H groups in total. The minimum Gasteiger partial charge on any atom is -0.497 e. The Morgan fingerprint density at radius 1 is 0.962 bits per heavy atom. The summed E-state index contributed by atoms with van der Waals surface area (Å²) in [4.78, 5) is 24.8. The van der Waals surface area contributed by atoms with E-state index < -0.39 is 0 Å². The Morgan fingerprint density at radius 3 is 2.38 bits per heavy atom. The summed E-state index contributed by atoms with van der Waals surface area (Å²) in [5.74, 6) is 0.290. The first kappa shape index (κ1) is 17.8. The van der Waals surface area contributed by atoms with Gasteiger partial charge >= 0.3 is 0 Å². The van der Waals surface area contributed by atoms with E-state index in [4.69, 9.17) is 9.47 Å². The summed E-state index contributed by atoms with van der Waals surface area (Å²) < 4.78 is 10.4. The number of benzene rings is 2. The molecule has 0 aromatic heterocycles. The van der Waals surface area contributed by atoms with E-state index in [1.54, 1.807) is 38.5 Å². The van der Waals surface area contributed by atoms with Crippen molar-refractivity contribution in [3.8, 4) is 11.5 Å². The van der Waals surface area contributed by atoms with Crippen LogP contribution in [0.15, 0.2) is 42.5 Å². The highest BCUT2D eigenvalue weighted by Crippen LogP contribution is 2.41. The lowest BCUT2D eigenvalue weighted by atomic mass is 10.2. The van der Waals surface area contributed by atoms with Crippen LogP contribution in [0.25, 0.3) is 0 Å². The van der Waals surface area contributed by atoms with Gasteiger partial charge in [0.1, 0.15) is 11.5 Å². The molecule has 1 saturated carbocycles. The van der Waals surface area contributed by atoms with Crippen LogP contribution in [0.3, 0.4) is 0 Å². The first-order valence-corrected chi connectivity index (χ1v) is 8.42. The van der Waals surface area contributed by atoms with Crippen molar-refractivity contribution in [2.45, 2.75) is 13.3 Å². The normalized spacial score (nSPS) is 18.0. The number of rotatable bonds is 6. The fourth-order valence-corrected chi connectivity index (χ4v) is 2.86. The molecule has 0 bridgehead atoms. The molecule has 6 nitrogen and oxygen atoms in total. The molecule has 1 aliphatic rings. The molecule has 6 heteroatoms. The van der Waals surface area contributed by atoms with Crippen LogP contribution in [-0.2, 0) is 9.59 Å². The van der Waals surface area contributed by atoms with Crippen LogP contribution in [0.4, 0.5) is 11.4 Å². The summed E-state index contributed by atoms with van der Waals surface area (Å²) in [6.45, 7) is 1.94. The van der Waals surface area contributed by atoms with Crippen molar-refractivity contribution in [2.75, 3.05) is 24.9 Å². The topological polar surface area (TPSA) is 76.7 Å². The Hall–Kier alpha value is -3.02. The molecule has 0 aliphatic heterocycles. The van der Waals surface area contributed by atoms with Gasteiger partial charge in [0.15, 0.2) is 0 Å². The van der Waals surface area contributed by atoms with E-state index in [1.165, 1.54) is 0 Å². The highest BCUT2D eigenvalue weighted by Gasteiger charge is 2.48. The molecular formula is C20H22N2O4. The second-order valence-corrected chi connectivity index (χ2v) is 6.36. The van der Waals surface area contributed by atoms with E-state index in [-0.39, 0.29) is 23.7 Å². The zero-order chi connectivity index (χ0) is 18.7. The molecule has 1 fully saturated rings. The third-order valence-electron chi connectivity index (χ3n) is 4.41. The fraction of sp³-hybridized carbons (Fsp3) is 0.300. The van der Waals surface area contributed by atoms with Crippen LogP contribution < -0.4 is 20.1 Å². The number of anilines is 2. The third kappa shape index (κ3) is 3.96. The van der Waals surface area contributed by atoms with Gasteiger partial charge in [0.25, 0.3) is 0 Å². The summed E-state index contributed by atoms with van der Waals surface area (Å²) in [6, 6.07) is 12.7. The number of hydrogen-bond donors (Lipinski definition) is 2. The van der Waals surface area contributed by atoms with Crippen LogP contribution >= 0.6 is 0 Å². The number of carbonyl (C=O) groups excluding carboxylic acids is 2. The largest absolute Gasteiger partial charge is 0.497 e. The molecule has 2 atom stereocenters. The molecule has 26 heavy (non-hydrogen) atoms. The lowest BCUT2D eigenvalue weighted by Crippen LogP contribution is -2.20. The van der Waals surface area contributed by atoms with Gasteiger partial charge < -0.3 is 20.1 Å². The Balaban J connectivity index is 1.60. The second kappa shape index (κ2) is 7.47. The van der Waals surface area contributed by atoms with Crippen LogP contribution in [0.2, 0.25) is 0 Å². The zero-order valence-corrected chi connectivity index (χ0v) is 15.0. The number of ether oxygens (including phenoxy) is 2. The van der Waals surface area contributed by atoms with Gasteiger partial charge in [-0.25, -0.2) is 0 Å². The Labute approximate surface area is 152 Å². The SMILES string of the molecule is COc1cccc(NC(=O)C2CC2C(=O)Nc2cc(C)ccc2OC)c1. The van der Waals surface area contributed by atoms with Gasteiger partial charge in [-0.05, 0) is 43.2 Å². The van der Waals surface area contributed by atoms with Gasteiger partial charge in [-0.15, -0.1) is 0 Å². The maximum Gasteiger partial charge on any atom is 0.228 e. The van der Waals surface area contributed by atoms with E-state index in [0.29, 0.717) is 29.3 Å². The minimum absolute atomic E-state index is 0.158. The van der Waals surface area contributed by atoms with Crippen molar-refractivity contribution >= 4 is 23.2 Å². The molecule has 0 heterocycles. The quantitative estimate of drug-likeness (QED) is 0.835. The summed E-state index contributed by atoms with van der Waals surface area (Å²) in [5.41, 5.74) is 2.29. The first-order chi connectivity index (χ1) is 12.5. The van der Waals surface area contributed by atoms with E-state index in [1.807, 2.05) is 25.1 Å².